The number of methoxy groups -OCH3 is 2. The highest BCUT2D eigenvalue weighted by atomic mass is 79.9. The van der Waals surface area contributed by atoms with Crippen molar-refractivity contribution in [3.63, 3.8) is 0 Å². The number of hydrogen-bond donors (Lipinski definition) is 2. The zero-order valence-corrected chi connectivity index (χ0v) is 17.3. The Hall–Kier alpha value is -3.39. The number of aromatic nitrogens is 1. The minimum absolute atomic E-state index is 0.266. The Labute approximate surface area is 176 Å². The van der Waals surface area contributed by atoms with Crippen molar-refractivity contribution in [2.75, 3.05) is 24.9 Å². The van der Waals surface area contributed by atoms with Gasteiger partial charge in [0.2, 0.25) is 0 Å². The Kier molecular flexibility index (Phi) is 6.46. The minimum atomic E-state index is -0.341. The summed E-state index contributed by atoms with van der Waals surface area (Å²) in [5.74, 6) is 0.352. The van der Waals surface area contributed by atoms with Crippen LogP contribution >= 0.6 is 15.9 Å². The molecule has 2 amide bonds. The lowest BCUT2D eigenvalue weighted by molar-refractivity contribution is 0.101. The highest BCUT2D eigenvalue weighted by Crippen LogP contribution is 2.35. The molecule has 0 saturated carbocycles. The van der Waals surface area contributed by atoms with Crippen LogP contribution in [0, 0.1) is 0 Å². The van der Waals surface area contributed by atoms with E-state index in [1.54, 1.807) is 60.9 Å². The molecule has 0 saturated heterocycles. The van der Waals surface area contributed by atoms with Crippen LogP contribution in [0.15, 0.2) is 65.4 Å². The second kappa shape index (κ2) is 9.20. The number of anilines is 2. The molecular weight excluding hydrogens is 438 g/mol. The van der Waals surface area contributed by atoms with Crippen molar-refractivity contribution in [3.05, 3.63) is 76.5 Å². The lowest BCUT2D eigenvalue weighted by atomic mass is 10.1. The fourth-order valence-corrected chi connectivity index (χ4v) is 3.14. The number of halogens is 1. The minimum Gasteiger partial charge on any atom is -0.495 e. The molecule has 0 bridgehead atoms. The number of benzene rings is 2. The van der Waals surface area contributed by atoms with E-state index >= 15 is 0 Å². The van der Waals surface area contributed by atoms with Crippen LogP contribution in [0.25, 0.3) is 0 Å². The molecule has 8 heteroatoms. The number of hydrogen-bond acceptors (Lipinski definition) is 5. The standard InChI is InChI=1S/C21H18BrN3O4/c1-28-17-10-14(11-18(29-2)19(17)22)21(27)25-16-5-3-4-15(12-16)24-20(26)13-6-8-23-9-7-13/h3-12H,1-2H3,(H,24,26)(H,25,27). The Morgan fingerprint density at radius 2 is 1.34 bits per heavy atom. The number of carbonyl (C=O) groups excluding carboxylic acids is 2. The molecule has 29 heavy (non-hydrogen) atoms. The molecule has 1 aromatic heterocycles. The fraction of sp³-hybridized carbons (Fsp3) is 0.0952. The molecule has 0 radical (unpaired) electrons. The van der Waals surface area contributed by atoms with E-state index in [0.717, 1.165) is 0 Å². The fourth-order valence-electron chi connectivity index (χ4n) is 2.58. The summed E-state index contributed by atoms with van der Waals surface area (Å²) in [7, 11) is 3.02. The number of nitrogens with zero attached hydrogens (tertiary/aromatic N) is 1. The summed E-state index contributed by atoms with van der Waals surface area (Å²) in [4.78, 5) is 28.9. The highest BCUT2D eigenvalue weighted by Gasteiger charge is 2.15. The van der Waals surface area contributed by atoms with Crippen molar-refractivity contribution >= 4 is 39.1 Å². The van der Waals surface area contributed by atoms with E-state index in [4.69, 9.17) is 9.47 Å². The molecule has 3 aromatic rings. The zero-order chi connectivity index (χ0) is 20.8. The molecule has 0 aliphatic rings. The number of amides is 2. The van der Waals surface area contributed by atoms with Gasteiger partial charge in [0, 0.05) is 34.9 Å². The summed E-state index contributed by atoms with van der Waals surface area (Å²) in [6.45, 7) is 0. The normalized spacial score (nSPS) is 10.2. The molecule has 148 valence electrons. The summed E-state index contributed by atoms with van der Waals surface area (Å²) in [6, 6.07) is 13.3. The number of nitrogens with one attached hydrogen (secondary N) is 2. The molecule has 0 aliphatic heterocycles. The lowest BCUT2D eigenvalue weighted by Gasteiger charge is -2.12. The van der Waals surface area contributed by atoms with Gasteiger partial charge in [-0.3, -0.25) is 14.6 Å². The molecule has 0 aliphatic carbocycles. The summed E-state index contributed by atoms with van der Waals surface area (Å²) < 4.78 is 11.2. The van der Waals surface area contributed by atoms with Gasteiger partial charge in [-0.25, -0.2) is 0 Å². The zero-order valence-electron chi connectivity index (χ0n) is 15.7. The van der Waals surface area contributed by atoms with Gasteiger partial charge >= 0.3 is 0 Å². The van der Waals surface area contributed by atoms with E-state index in [1.807, 2.05) is 0 Å². The average molecular weight is 456 g/mol. The van der Waals surface area contributed by atoms with Gasteiger partial charge in [-0.1, -0.05) is 6.07 Å². The quantitative estimate of drug-likeness (QED) is 0.575. The predicted octanol–water partition coefficient (Wildman–Crippen LogP) is 4.37. The predicted molar refractivity (Wildman–Crippen MR) is 114 cm³/mol. The Balaban J connectivity index is 1.76. The monoisotopic (exact) mass is 455 g/mol. The first-order chi connectivity index (χ1) is 14.0. The molecule has 7 nitrogen and oxygen atoms in total. The topological polar surface area (TPSA) is 89.6 Å². The van der Waals surface area contributed by atoms with Crippen LogP contribution in [-0.4, -0.2) is 31.0 Å². The van der Waals surface area contributed by atoms with Gasteiger partial charge in [0.05, 0.1) is 14.2 Å². The van der Waals surface area contributed by atoms with Crippen LogP contribution in [0.3, 0.4) is 0 Å². The average Bonchev–Trinajstić information content (AvgIpc) is 2.74. The molecule has 0 spiro atoms. The van der Waals surface area contributed by atoms with E-state index in [0.29, 0.717) is 38.5 Å². The van der Waals surface area contributed by atoms with Gasteiger partial charge < -0.3 is 20.1 Å². The number of ether oxygens (including phenoxy) is 2. The first-order valence-corrected chi connectivity index (χ1v) is 9.35. The van der Waals surface area contributed by atoms with Crippen molar-refractivity contribution in [1.29, 1.82) is 0 Å². The van der Waals surface area contributed by atoms with Gasteiger partial charge in [0.1, 0.15) is 16.0 Å². The van der Waals surface area contributed by atoms with E-state index in [-0.39, 0.29) is 11.8 Å². The van der Waals surface area contributed by atoms with Crippen molar-refractivity contribution in [3.8, 4) is 11.5 Å². The summed E-state index contributed by atoms with van der Waals surface area (Å²) in [5, 5.41) is 5.60. The largest absolute Gasteiger partial charge is 0.495 e. The maximum atomic E-state index is 12.7. The lowest BCUT2D eigenvalue weighted by Crippen LogP contribution is -2.14. The van der Waals surface area contributed by atoms with Gasteiger partial charge in [0.15, 0.2) is 0 Å². The van der Waals surface area contributed by atoms with Crippen LogP contribution in [0.5, 0.6) is 11.5 Å². The van der Waals surface area contributed by atoms with Gasteiger partial charge in [-0.15, -0.1) is 0 Å². The Morgan fingerprint density at radius 3 is 1.86 bits per heavy atom. The van der Waals surface area contributed by atoms with Crippen LogP contribution in [-0.2, 0) is 0 Å². The molecule has 0 fully saturated rings. The van der Waals surface area contributed by atoms with E-state index in [1.165, 1.54) is 14.2 Å². The first-order valence-electron chi connectivity index (χ1n) is 8.56. The first kappa shape index (κ1) is 20.3. The smallest absolute Gasteiger partial charge is 0.255 e. The maximum absolute atomic E-state index is 12.7. The second-order valence-electron chi connectivity index (χ2n) is 5.92. The summed E-state index contributed by atoms with van der Waals surface area (Å²) >= 11 is 3.38. The summed E-state index contributed by atoms with van der Waals surface area (Å²) in [5.41, 5.74) is 1.94. The van der Waals surface area contributed by atoms with Crippen molar-refractivity contribution in [2.24, 2.45) is 0 Å². The van der Waals surface area contributed by atoms with E-state index in [2.05, 4.69) is 31.5 Å². The van der Waals surface area contributed by atoms with Crippen molar-refractivity contribution in [1.82, 2.24) is 4.98 Å². The third-order valence-electron chi connectivity index (χ3n) is 4.03. The third-order valence-corrected chi connectivity index (χ3v) is 4.81. The van der Waals surface area contributed by atoms with Gasteiger partial charge in [0.25, 0.3) is 11.8 Å². The number of pyridine rings is 1. The van der Waals surface area contributed by atoms with Crippen molar-refractivity contribution in [2.45, 2.75) is 0 Å². The van der Waals surface area contributed by atoms with Crippen LogP contribution in [0.2, 0.25) is 0 Å². The molecule has 1 heterocycles. The molecule has 2 aromatic carbocycles. The van der Waals surface area contributed by atoms with Crippen LogP contribution < -0.4 is 20.1 Å². The molecular formula is C21H18BrN3O4. The maximum Gasteiger partial charge on any atom is 0.255 e. The molecule has 0 atom stereocenters. The molecule has 2 N–H and O–H groups in total. The van der Waals surface area contributed by atoms with E-state index < -0.39 is 0 Å². The molecule has 0 unspecified atom stereocenters. The second-order valence-corrected chi connectivity index (χ2v) is 6.71. The van der Waals surface area contributed by atoms with E-state index in [9.17, 15) is 9.59 Å². The van der Waals surface area contributed by atoms with Crippen molar-refractivity contribution < 1.29 is 19.1 Å². The van der Waals surface area contributed by atoms with Crippen LogP contribution in [0.1, 0.15) is 20.7 Å². The SMILES string of the molecule is COc1cc(C(=O)Nc2cccc(NC(=O)c3ccncc3)c2)cc(OC)c1Br. The van der Waals surface area contributed by atoms with Gasteiger partial charge in [-0.05, 0) is 58.4 Å². The van der Waals surface area contributed by atoms with Crippen LogP contribution in [0.4, 0.5) is 11.4 Å². The van der Waals surface area contributed by atoms with Gasteiger partial charge in [-0.2, -0.15) is 0 Å². The number of rotatable bonds is 6. The highest BCUT2D eigenvalue weighted by molar-refractivity contribution is 9.10. The Morgan fingerprint density at radius 1 is 0.828 bits per heavy atom. The number of carbonyl (C=O) groups is 2. The molecule has 3 rings (SSSR count). The summed E-state index contributed by atoms with van der Waals surface area (Å²) in [6.07, 6.45) is 3.10. The third kappa shape index (κ3) is 4.91. The Bertz CT molecular complexity index is 1020.